The number of hydrogen-bond donors (Lipinski definition) is 2. The summed E-state index contributed by atoms with van der Waals surface area (Å²) >= 11 is 0. The molecule has 1 heterocycles. The number of sulfonamides is 1. The third kappa shape index (κ3) is 3.56. The van der Waals surface area contributed by atoms with Gasteiger partial charge in [-0.25, -0.2) is 18.1 Å². The molecule has 0 amide bonds. The van der Waals surface area contributed by atoms with Crippen molar-refractivity contribution in [3.8, 4) is 0 Å². The lowest BCUT2D eigenvalue weighted by Crippen LogP contribution is -2.25. The van der Waals surface area contributed by atoms with Gasteiger partial charge >= 0.3 is 0 Å². The van der Waals surface area contributed by atoms with Gasteiger partial charge in [-0.2, -0.15) is 0 Å². The van der Waals surface area contributed by atoms with Crippen molar-refractivity contribution in [1.82, 2.24) is 14.7 Å². The van der Waals surface area contributed by atoms with E-state index in [-0.39, 0.29) is 12.3 Å². The van der Waals surface area contributed by atoms with E-state index in [2.05, 4.69) is 14.7 Å². The van der Waals surface area contributed by atoms with Crippen molar-refractivity contribution in [2.45, 2.75) is 19.9 Å². The minimum Gasteiger partial charge on any atom is -0.347 e. The molecule has 0 aliphatic carbocycles. The Labute approximate surface area is 77.6 Å². The quantitative estimate of drug-likeness (QED) is 0.719. The van der Waals surface area contributed by atoms with Gasteiger partial charge < -0.3 is 4.98 Å². The van der Waals surface area contributed by atoms with Crippen LogP contribution in [0.25, 0.3) is 0 Å². The van der Waals surface area contributed by atoms with Crippen molar-refractivity contribution in [2.75, 3.05) is 5.75 Å². The molecule has 0 aliphatic heterocycles. The second kappa shape index (κ2) is 4.38. The van der Waals surface area contributed by atoms with Gasteiger partial charge in [-0.15, -0.1) is 0 Å². The standard InChI is InChI=1S/C7H13N3O2S/c1-2-3-13(11,12)10-5-7-4-8-6-9-7/h4,6,10H,2-3,5H2,1H3,(H,8,9). The van der Waals surface area contributed by atoms with Crippen molar-refractivity contribution in [2.24, 2.45) is 0 Å². The second-order valence-electron chi connectivity index (χ2n) is 2.72. The number of nitrogens with one attached hydrogen (secondary N) is 2. The maximum atomic E-state index is 11.2. The molecule has 0 unspecified atom stereocenters. The molecule has 0 bridgehead atoms. The predicted octanol–water partition coefficient (Wildman–Crippen LogP) is 0.239. The number of aromatic nitrogens is 2. The zero-order valence-corrected chi connectivity index (χ0v) is 8.26. The van der Waals surface area contributed by atoms with E-state index in [1.165, 1.54) is 6.33 Å². The highest BCUT2D eigenvalue weighted by atomic mass is 32.2. The van der Waals surface area contributed by atoms with Crippen LogP contribution >= 0.6 is 0 Å². The lowest BCUT2D eigenvalue weighted by atomic mass is 10.5. The fourth-order valence-electron chi connectivity index (χ4n) is 0.910. The number of hydrogen-bond acceptors (Lipinski definition) is 3. The predicted molar refractivity (Wildman–Crippen MR) is 49.5 cm³/mol. The highest BCUT2D eigenvalue weighted by Gasteiger charge is 2.07. The summed E-state index contributed by atoms with van der Waals surface area (Å²) in [6.07, 6.45) is 3.73. The topological polar surface area (TPSA) is 74.8 Å². The van der Waals surface area contributed by atoms with E-state index >= 15 is 0 Å². The van der Waals surface area contributed by atoms with Crippen LogP contribution in [-0.4, -0.2) is 24.1 Å². The summed E-state index contributed by atoms with van der Waals surface area (Å²) < 4.78 is 24.8. The molecule has 2 N–H and O–H groups in total. The number of nitrogens with zero attached hydrogens (tertiary/aromatic N) is 1. The average molecular weight is 203 g/mol. The minimum absolute atomic E-state index is 0.168. The van der Waals surface area contributed by atoms with Crippen LogP contribution in [0, 0.1) is 0 Å². The normalized spacial score (nSPS) is 11.8. The Kier molecular flexibility index (Phi) is 3.44. The minimum atomic E-state index is -3.11. The Morgan fingerprint density at radius 1 is 1.62 bits per heavy atom. The highest BCUT2D eigenvalue weighted by Crippen LogP contribution is 1.93. The van der Waals surface area contributed by atoms with E-state index in [0.717, 1.165) is 5.69 Å². The van der Waals surface area contributed by atoms with Crippen LogP contribution in [0.5, 0.6) is 0 Å². The molecule has 1 aromatic rings. The maximum Gasteiger partial charge on any atom is 0.211 e. The molecule has 74 valence electrons. The zero-order valence-electron chi connectivity index (χ0n) is 7.45. The number of H-pyrrole nitrogens is 1. The van der Waals surface area contributed by atoms with Gasteiger partial charge in [-0.05, 0) is 6.42 Å². The molecule has 0 saturated heterocycles. The highest BCUT2D eigenvalue weighted by molar-refractivity contribution is 7.89. The first-order valence-corrected chi connectivity index (χ1v) is 5.74. The van der Waals surface area contributed by atoms with Gasteiger partial charge in [0.25, 0.3) is 0 Å². The Morgan fingerprint density at radius 2 is 2.38 bits per heavy atom. The molecule has 1 rings (SSSR count). The fourth-order valence-corrected chi connectivity index (χ4v) is 1.97. The Morgan fingerprint density at radius 3 is 2.92 bits per heavy atom. The van der Waals surface area contributed by atoms with Crippen LogP contribution in [0.3, 0.4) is 0 Å². The van der Waals surface area contributed by atoms with Crippen LogP contribution in [-0.2, 0) is 16.6 Å². The van der Waals surface area contributed by atoms with Gasteiger partial charge in [0, 0.05) is 11.9 Å². The van der Waals surface area contributed by atoms with Crippen LogP contribution in [0.4, 0.5) is 0 Å². The van der Waals surface area contributed by atoms with Crippen molar-refractivity contribution < 1.29 is 8.42 Å². The summed E-state index contributed by atoms with van der Waals surface area (Å²) in [5.74, 6) is 0.168. The van der Waals surface area contributed by atoms with Crippen LogP contribution < -0.4 is 4.72 Å². The molecule has 0 radical (unpaired) electrons. The average Bonchev–Trinajstić information content (AvgIpc) is 2.52. The molecule has 0 atom stereocenters. The zero-order chi connectivity index (χ0) is 9.73. The molecule has 0 fully saturated rings. The number of imidazole rings is 1. The first kappa shape index (κ1) is 10.2. The van der Waals surface area contributed by atoms with Gasteiger partial charge in [-0.3, -0.25) is 0 Å². The number of aromatic amines is 1. The fraction of sp³-hybridized carbons (Fsp3) is 0.571. The van der Waals surface area contributed by atoms with Crippen molar-refractivity contribution in [1.29, 1.82) is 0 Å². The third-order valence-corrected chi connectivity index (χ3v) is 3.04. The van der Waals surface area contributed by atoms with E-state index in [1.54, 1.807) is 6.20 Å². The molecule has 13 heavy (non-hydrogen) atoms. The Hall–Kier alpha value is -0.880. The molecule has 0 aliphatic rings. The molecule has 1 aromatic heterocycles. The first-order valence-electron chi connectivity index (χ1n) is 4.08. The van der Waals surface area contributed by atoms with E-state index in [0.29, 0.717) is 6.42 Å². The smallest absolute Gasteiger partial charge is 0.211 e. The summed E-state index contributed by atoms with van der Waals surface area (Å²) in [4.78, 5) is 6.59. The molecule has 6 heteroatoms. The maximum absolute atomic E-state index is 11.2. The van der Waals surface area contributed by atoms with E-state index in [4.69, 9.17) is 0 Å². The lowest BCUT2D eigenvalue weighted by molar-refractivity contribution is 0.579. The Bertz CT molecular complexity index is 331. The third-order valence-electron chi connectivity index (χ3n) is 1.51. The summed E-state index contributed by atoms with van der Waals surface area (Å²) in [5, 5.41) is 0. The molecular weight excluding hydrogens is 190 g/mol. The van der Waals surface area contributed by atoms with Gasteiger partial charge in [0.15, 0.2) is 0 Å². The molecule has 0 spiro atoms. The van der Waals surface area contributed by atoms with Crippen molar-refractivity contribution in [3.05, 3.63) is 18.2 Å². The van der Waals surface area contributed by atoms with E-state index < -0.39 is 10.0 Å². The molecule has 5 nitrogen and oxygen atoms in total. The number of rotatable bonds is 5. The van der Waals surface area contributed by atoms with Gasteiger partial charge in [0.2, 0.25) is 10.0 Å². The Balaban J connectivity index is 2.43. The molecule has 0 saturated carbocycles. The van der Waals surface area contributed by atoms with Crippen molar-refractivity contribution in [3.63, 3.8) is 0 Å². The lowest BCUT2D eigenvalue weighted by Gasteiger charge is -2.02. The van der Waals surface area contributed by atoms with Crippen LogP contribution in [0.15, 0.2) is 12.5 Å². The van der Waals surface area contributed by atoms with Crippen molar-refractivity contribution >= 4 is 10.0 Å². The SMILES string of the molecule is CCCS(=O)(=O)NCc1cnc[nH]1. The van der Waals surface area contributed by atoms with E-state index in [9.17, 15) is 8.42 Å². The summed E-state index contributed by atoms with van der Waals surface area (Å²) in [6.45, 7) is 2.11. The van der Waals surface area contributed by atoms with Crippen LogP contribution in [0.2, 0.25) is 0 Å². The summed E-state index contributed by atoms with van der Waals surface area (Å²) in [6, 6.07) is 0. The van der Waals surface area contributed by atoms with E-state index in [1.807, 2.05) is 6.92 Å². The molecule has 0 aromatic carbocycles. The van der Waals surface area contributed by atoms with Gasteiger partial charge in [0.1, 0.15) is 0 Å². The molecular formula is C7H13N3O2S. The summed E-state index contributed by atoms with van der Waals surface area (Å²) in [7, 11) is -3.11. The second-order valence-corrected chi connectivity index (χ2v) is 4.64. The largest absolute Gasteiger partial charge is 0.347 e. The summed E-state index contributed by atoms with van der Waals surface area (Å²) in [5.41, 5.74) is 0.764. The van der Waals surface area contributed by atoms with Gasteiger partial charge in [-0.1, -0.05) is 6.92 Å². The van der Waals surface area contributed by atoms with Crippen LogP contribution in [0.1, 0.15) is 19.0 Å². The van der Waals surface area contributed by atoms with Gasteiger partial charge in [0.05, 0.1) is 18.6 Å². The monoisotopic (exact) mass is 203 g/mol. The first-order chi connectivity index (χ1) is 6.14.